The summed E-state index contributed by atoms with van der Waals surface area (Å²) in [6.45, 7) is 4.44. The molecule has 1 amide bonds. The van der Waals surface area contributed by atoms with Gasteiger partial charge in [0.25, 0.3) is 7.82 Å². The summed E-state index contributed by atoms with van der Waals surface area (Å²) >= 11 is 0. The number of allylic oxidation sites excluding steroid dienone is 11. The summed E-state index contributed by atoms with van der Waals surface area (Å²) in [7, 11) is 1.22. The van der Waals surface area contributed by atoms with Crippen LogP contribution in [0, 0.1) is 0 Å². The van der Waals surface area contributed by atoms with Gasteiger partial charge in [-0.3, -0.25) is 9.36 Å². The van der Waals surface area contributed by atoms with Crippen molar-refractivity contribution in [2.75, 3.05) is 40.9 Å². The summed E-state index contributed by atoms with van der Waals surface area (Å²) in [5.41, 5.74) is 0. The zero-order valence-electron chi connectivity index (χ0n) is 33.0. The van der Waals surface area contributed by atoms with E-state index in [2.05, 4.69) is 79.9 Å². The number of aliphatic hydroxyl groups excluding tert-OH is 1. The summed E-state index contributed by atoms with van der Waals surface area (Å²) in [6, 6.07) is -0.905. The first kappa shape index (κ1) is 48.9. The number of amides is 1. The molecule has 3 atom stereocenters. The lowest BCUT2D eigenvalue weighted by Gasteiger charge is -2.29. The minimum atomic E-state index is -4.59. The van der Waals surface area contributed by atoms with Gasteiger partial charge in [0.05, 0.1) is 39.9 Å². The second-order valence-electron chi connectivity index (χ2n) is 14.3. The Morgan fingerprint density at radius 3 is 1.75 bits per heavy atom. The number of carbonyl (C=O) groups is 1. The molecule has 0 aromatic carbocycles. The molecular formula is C42H75N2O6P. The van der Waals surface area contributed by atoms with Crippen molar-refractivity contribution in [2.45, 2.75) is 148 Å². The van der Waals surface area contributed by atoms with Crippen LogP contribution in [0.3, 0.4) is 0 Å². The molecule has 2 N–H and O–H groups in total. The van der Waals surface area contributed by atoms with E-state index in [9.17, 15) is 19.4 Å². The Bertz CT molecular complexity index is 1060. The molecule has 9 heteroatoms. The summed E-state index contributed by atoms with van der Waals surface area (Å²) < 4.78 is 23.1. The number of hydrogen-bond acceptors (Lipinski definition) is 6. The quantitative estimate of drug-likeness (QED) is 0.0295. The second-order valence-corrected chi connectivity index (χ2v) is 15.7. The number of phosphoric ester groups is 1. The fraction of sp³-hybridized carbons (Fsp3) is 0.690. The van der Waals surface area contributed by atoms with Crippen LogP contribution in [0.15, 0.2) is 72.9 Å². The van der Waals surface area contributed by atoms with Crippen LogP contribution in [0.5, 0.6) is 0 Å². The molecule has 0 radical (unpaired) electrons. The highest BCUT2D eigenvalue weighted by Crippen LogP contribution is 2.38. The predicted molar refractivity (Wildman–Crippen MR) is 214 cm³/mol. The number of hydrogen-bond donors (Lipinski definition) is 2. The van der Waals surface area contributed by atoms with Crippen molar-refractivity contribution < 1.29 is 32.9 Å². The molecule has 51 heavy (non-hydrogen) atoms. The lowest BCUT2D eigenvalue weighted by Crippen LogP contribution is -2.45. The van der Waals surface area contributed by atoms with E-state index >= 15 is 0 Å². The topological polar surface area (TPSA) is 108 Å². The van der Waals surface area contributed by atoms with Gasteiger partial charge in [-0.1, -0.05) is 138 Å². The third kappa shape index (κ3) is 36.1. The maximum absolute atomic E-state index is 12.8. The largest absolute Gasteiger partial charge is 0.756 e. The van der Waals surface area contributed by atoms with Crippen molar-refractivity contribution in [3.05, 3.63) is 72.9 Å². The minimum absolute atomic E-state index is 0.0119. The first-order chi connectivity index (χ1) is 24.5. The van der Waals surface area contributed by atoms with Crippen molar-refractivity contribution >= 4 is 13.7 Å². The number of likely N-dealkylation sites (N-methyl/N-ethyl adjacent to an activating group) is 1. The Balaban J connectivity index is 4.54. The van der Waals surface area contributed by atoms with E-state index in [4.69, 9.17) is 9.05 Å². The van der Waals surface area contributed by atoms with E-state index in [0.717, 1.165) is 70.6 Å². The molecule has 0 aliphatic heterocycles. The Labute approximate surface area is 313 Å². The smallest absolute Gasteiger partial charge is 0.268 e. The zero-order valence-corrected chi connectivity index (χ0v) is 33.9. The molecule has 0 spiro atoms. The molecule has 0 saturated heterocycles. The number of aliphatic hydroxyl groups is 1. The Kier molecular flexibility index (Phi) is 32.4. The summed E-state index contributed by atoms with van der Waals surface area (Å²) in [4.78, 5) is 25.2. The molecule has 0 fully saturated rings. The Morgan fingerprint density at radius 2 is 1.20 bits per heavy atom. The summed E-state index contributed by atoms with van der Waals surface area (Å²) in [6.07, 6.45) is 43.7. The fourth-order valence-corrected chi connectivity index (χ4v) is 5.72. The molecule has 0 heterocycles. The van der Waals surface area contributed by atoms with Gasteiger partial charge in [-0.15, -0.1) is 0 Å². The number of carbonyl (C=O) groups excluding carboxylic acids is 1. The van der Waals surface area contributed by atoms with Crippen LogP contribution < -0.4 is 10.2 Å². The maximum Gasteiger partial charge on any atom is 0.268 e. The number of nitrogens with zero attached hydrogens (tertiary/aromatic N) is 1. The van der Waals surface area contributed by atoms with Crippen LogP contribution in [0.1, 0.15) is 136 Å². The highest BCUT2D eigenvalue weighted by molar-refractivity contribution is 7.45. The molecule has 0 bridgehead atoms. The molecule has 0 aliphatic carbocycles. The molecule has 0 aromatic rings. The van der Waals surface area contributed by atoms with Gasteiger partial charge >= 0.3 is 0 Å². The second kappa shape index (κ2) is 33.8. The van der Waals surface area contributed by atoms with E-state index in [0.29, 0.717) is 23.9 Å². The van der Waals surface area contributed by atoms with Crippen molar-refractivity contribution in [1.29, 1.82) is 0 Å². The number of quaternary nitrogens is 1. The number of phosphoric acid groups is 1. The van der Waals surface area contributed by atoms with Gasteiger partial charge in [0.1, 0.15) is 13.2 Å². The van der Waals surface area contributed by atoms with Crippen LogP contribution in [0.2, 0.25) is 0 Å². The maximum atomic E-state index is 12.8. The number of unbranched alkanes of at least 4 members (excludes halogenated alkanes) is 11. The van der Waals surface area contributed by atoms with Gasteiger partial charge in [-0.05, 0) is 64.2 Å². The van der Waals surface area contributed by atoms with E-state index in [1.807, 2.05) is 27.2 Å². The van der Waals surface area contributed by atoms with Crippen molar-refractivity contribution in [3.8, 4) is 0 Å². The average Bonchev–Trinajstić information content (AvgIpc) is 3.07. The van der Waals surface area contributed by atoms with Crippen LogP contribution in [0.4, 0.5) is 0 Å². The van der Waals surface area contributed by atoms with Gasteiger partial charge in [0.2, 0.25) is 5.91 Å². The average molecular weight is 735 g/mol. The first-order valence-corrected chi connectivity index (χ1v) is 21.3. The highest BCUT2D eigenvalue weighted by Gasteiger charge is 2.23. The van der Waals surface area contributed by atoms with E-state index in [-0.39, 0.29) is 12.5 Å². The third-order valence-electron chi connectivity index (χ3n) is 8.17. The minimum Gasteiger partial charge on any atom is -0.756 e. The van der Waals surface area contributed by atoms with E-state index in [1.54, 1.807) is 6.08 Å². The van der Waals surface area contributed by atoms with Crippen molar-refractivity contribution in [1.82, 2.24) is 5.32 Å². The fourth-order valence-electron chi connectivity index (χ4n) is 5.00. The predicted octanol–water partition coefficient (Wildman–Crippen LogP) is 9.83. The molecule has 0 aliphatic rings. The highest BCUT2D eigenvalue weighted by atomic mass is 31.2. The SMILES string of the molecule is CC/C=C\C/C=C\C/C=C\C/C=C\C/C=C\CCCCCC(=O)NC(COP(=O)([O-])OCC[N+](C)(C)C)C(O)/C=C/CCCCCCCCCC. The van der Waals surface area contributed by atoms with Gasteiger partial charge in [-0.2, -0.15) is 0 Å². The van der Waals surface area contributed by atoms with E-state index in [1.165, 1.54) is 38.5 Å². The van der Waals surface area contributed by atoms with Crippen LogP contribution in [0.25, 0.3) is 0 Å². The van der Waals surface area contributed by atoms with Crippen molar-refractivity contribution in [2.24, 2.45) is 0 Å². The van der Waals surface area contributed by atoms with Crippen LogP contribution in [-0.4, -0.2) is 68.5 Å². The standard InChI is InChI=1S/C42H75N2O6P/c1-6-8-10-12-14-16-18-19-20-21-22-23-24-25-26-28-30-32-34-36-42(46)43-40(39-50-51(47,48)49-38-37-44(3,4)5)41(45)35-33-31-29-27-17-15-13-11-9-7-2/h8,10,14,16,19-20,22-23,25-26,33,35,40-41,45H,6-7,9,11-13,15,17-18,21,24,27-32,34,36-39H2,1-5H3,(H-,43,46,47,48)/b10-8-,16-14-,20-19-,23-22-,26-25-,35-33+. The van der Waals surface area contributed by atoms with Crippen LogP contribution in [-0.2, 0) is 18.4 Å². The Morgan fingerprint density at radius 1 is 0.706 bits per heavy atom. The lowest BCUT2D eigenvalue weighted by molar-refractivity contribution is -0.870. The van der Waals surface area contributed by atoms with Crippen molar-refractivity contribution in [3.63, 3.8) is 0 Å². The molecule has 0 rings (SSSR count). The van der Waals surface area contributed by atoms with Gasteiger partial charge in [-0.25, -0.2) is 0 Å². The van der Waals surface area contributed by atoms with Gasteiger partial charge < -0.3 is 28.8 Å². The molecule has 0 aromatic heterocycles. The molecule has 0 saturated carbocycles. The summed E-state index contributed by atoms with van der Waals surface area (Å²) in [5, 5.41) is 13.7. The van der Waals surface area contributed by atoms with E-state index < -0.39 is 26.6 Å². The summed E-state index contributed by atoms with van der Waals surface area (Å²) in [5.74, 6) is -0.235. The molecule has 3 unspecified atom stereocenters. The van der Waals surface area contributed by atoms with Gasteiger partial charge in [0, 0.05) is 6.42 Å². The first-order valence-electron chi connectivity index (χ1n) is 19.8. The number of nitrogens with one attached hydrogen (secondary N) is 1. The monoisotopic (exact) mass is 735 g/mol. The molecule has 8 nitrogen and oxygen atoms in total. The normalized spacial score (nSPS) is 15.4. The Hall–Kier alpha value is -2.06. The number of rotatable bonds is 34. The molecule has 294 valence electrons. The lowest BCUT2D eigenvalue weighted by atomic mass is 10.1. The molecular weight excluding hydrogens is 659 g/mol. The van der Waals surface area contributed by atoms with Crippen LogP contribution >= 0.6 is 7.82 Å². The van der Waals surface area contributed by atoms with Gasteiger partial charge in [0.15, 0.2) is 0 Å². The zero-order chi connectivity index (χ0) is 37.9. The third-order valence-corrected chi connectivity index (χ3v) is 9.14.